The van der Waals surface area contributed by atoms with E-state index < -0.39 is 11.6 Å². The number of likely N-dealkylation sites (tertiary alicyclic amines) is 1. The van der Waals surface area contributed by atoms with Crippen LogP contribution < -0.4 is 0 Å². The molecule has 1 aliphatic heterocycles. The minimum atomic E-state index is -0.641. The van der Waals surface area contributed by atoms with Crippen LogP contribution >= 0.6 is 0 Å². The zero-order chi connectivity index (χ0) is 20.0. The highest BCUT2D eigenvalue weighted by atomic mass is 19.1. The second-order valence-corrected chi connectivity index (χ2v) is 7.88. The lowest BCUT2D eigenvalue weighted by atomic mass is 9.87. The predicted molar refractivity (Wildman–Crippen MR) is 109 cm³/mol. The van der Waals surface area contributed by atoms with Gasteiger partial charge in [0.1, 0.15) is 11.6 Å². The molecule has 1 heterocycles. The van der Waals surface area contributed by atoms with Crippen LogP contribution in [0.25, 0.3) is 11.1 Å². The fourth-order valence-corrected chi connectivity index (χ4v) is 4.85. The quantitative estimate of drug-likeness (QED) is 0.541. The lowest BCUT2D eigenvalue weighted by Crippen LogP contribution is -2.38. The monoisotopic (exact) mass is 389 g/mol. The van der Waals surface area contributed by atoms with Crippen LogP contribution in [0.2, 0.25) is 0 Å². The van der Waals surface area contributed by atoms with Crippen molar-refractivity contribution in [1.82, 2.24) is 4.90 Å². The summed E-state index contributed by atoms with van der Waals surface area (Å²) < 4.78 is 27.5. The number of piperidine rings is 1. The van der Waals surface area contributed by atoms with Gasteiger partial charge in [-0.2, -0.15) is 0 Å². The highest BCUT2D eigenvalue weighted by Crippen LogP contribution is 2.47. The van der Waals surface area contributed by atoms with Crippen molar-refractivity contribution in [2.75, 3.05) is 13.1 Å². The molecule has 0 amide bonds. The molecule has 0 radical (unpaired) electrons. The molecule has 3 aromatic rings. The first-order chi connectivity index (χ1) is 14.1. The highest BCUT2D eigenvalue weighted by Gasteiger charge is 2.36. The Morgan fingerprint density at radius 3 is 2.03 bits per heavy atom. The summed E-state index contributed by atoms with van der Waals surface area (Å²) in [4.78, 5) is 15.2. The Bertz CT molecular complexity index is 1040. The molecular weight excluding hydrogens is 368 g/mol. The molecule has 4 heteroatoms. The second kappa shape index (κ2) is 7.20. The van der Waals surface area contributed by atoms with E-state index in [-0.39, 0.29) is 23.3 Å². The molecule has 0 atom stereocenters. The number of halogens is 2. The van der Waals surface area contributed by atoms with Gasteiger partial charge in [0.2, 0.25) is 0 Å². The summed E-state index contributed by atoms with van der Waals surface area (Å²) in [5.74, 6) is -1.77. The van der Waals surface area contributed by atoms with Gasteiger partial charge in [0.25, 0.3) is 0 Å². The SMILES string of the molecule is O=C(c1cc(F)ccc1F)C1CCN(C2c3ccccc3-c3ccccc32)CC1. The van der Waals surface area contributed by atoms with E-state index >= 15 is 0 Å². The molecule has 0 bridgehead atoms. The molecule has 0 spiro atoms. The maximum absolute atomic E-state index is 14.0. The van der Waals surface area contributed by atoms with Gasteiger partial charge in [-0.1, -0.05) is 48.5 Å². The van der Waals surface area contributed by atoms with Crippen molar-refractivity contribution >= 4 is 5.78 Å². The third-order valence-corrected chi connectivity index (χ3v) is 6.26. The Morgan fingerprint density at radius 1 is 0.828 bits per heavy atom. The van der Waals surface area contributed by atoms with Crippen LogP contribution in [-0.2, 0) is 0 Å². The smallest absolute Gasteiger partial charge is 0.169 e. The van der Waals surface area contributed by atoms with E-state index in [1.165, 1.54) is 22.3 Å². The summed E-state index contributed by atoms with van der Waals surface area (Å²) >= 11 is 0. The molecule has 3 aromatic carbocycles. The second-order valence-electron chi connectivity index (χ2n) is 7.88. The van der Waals surface area contributed by atoms with Gasteiger partial charge < -0.3 is 0 Å². The van der Waals surface area contributed by atoms with Gasteiger partial charge >= 0.3 is 0 Å². The molecule has 29 heavy (non-hydrogen) atoms. The normalized spacial score (nSPS) is 17.2. The molecule has 0 unspecified atom stereocenters. The third kappa shape index (κ3) is 3.08. The van der Waals surface area contributed by atoms with Crippen LogP contribution in [0.1, 0.15) is 40.4 Å². The molecule has 2 nitrogen and oxygen atoms in total. The summed E-state index contributed by atoms with van der Waals surface area (Å²) in [6.45, 7) is 1.50. The molecular formula is C25H21F2NO. The number of hydrogen-bond acceptors (Lipinski definition) is 2. The lowest BCUT2D eigenvalue weighted by molar-refractivity contribution is 0.0810. The first kappa shape index (κ1) is 18.2. The Labute approximate surface area is 168 Å². The zero-order valence-electron chi connectivity index (χ0n) is 15.9. The van der Waals surface area contributed by atoms with E-state index in [4.69, 9.17) is 0 Å². The molecule has 1 fully saturated rings. The van der Waals surface area contributed by atoms with E-state index in [0.29, 0.717) is 12.8 Å². The number of rotatable bonds is 3. The van der Waals surface area contributed by atoms with Gasteiger partial charge in [-0.3, -0.25) is 9.69 Å². The van der Waals surface area contributed by atoms with Crippen LogP contribution in [-0.4, -0.2) is 23.8 Å². The standard InChI is InChI=1S/C25H21F2NO/c26-17-9-10-23(27)22(15-17)25(29)16-11-13-28(14-12-16)24-20-7-3-1-5-18(20)19-6-2-4-8-21(19)24/h1-10,15-16,24H,11-14H2. The first-order valence-corrected chi connectivity index (χ1v) is 10.0. The largest absolute Gasteiger partial charge is 0.294 e. The van der Waals surface area contributed by atoms with Crippen LogP contribution in [0, 0.1) is 17.6 Å². The van der Waals surface area contributed by atoms with Gasteiger partial charge in [-0.25, -0.2) is 8.78 Å². The minimum Gasteiger partial charge on any atom is -0.294 e. The molecule has 0 saturated carbocycles. The summed E-state index contributed by atoms with van der Waals surface area (Å²) in [6, 6.07) is 20.2. The van der Waals surface area contributed by atoms with Crippen molar-refractivity contribution < 1.29 is 13.6 Å². The summed E-state index contributed by atoms with van der Waals surface area (Å²) in [6.07, 6.45) is 1.30. The highest BCUT2D eigenvalue weighted by molar-refractivity contribution is 5.98. The van der Waals surface area contributed by atoms with Crippen molar-refractivity contribution in [3.8, 4) is 11.1 Å². The fourth-order valence-electron chi connectivity index (χ4n) is 4.85. The van der Waals surface area contributed by atoms with E-state index in [1.807, 2.05) is 0 Å². The third-order valence-electron chi connectivity index (χ3n) is 6.26. The van der Waals surface area contributed by atoms with Gasteiger partial charge in [0.05, 0.1) is 11.6 Å². The van der Waals surface area contributed by atoms with Crippen LogP contribution in [0.3, 0.4) is 0 Å². The number of hydrogen-bond donors (Lipinski definition) is 0. The summed E-state index contributed by atoms with van der Waals surface area (Å²) in [7, 11) is 0. The molecule has 2 aliphatic rings. The van der Waals surface area contributed by atoms with E-state index in [2.05, 4.69) is 53.4 Å². The number of carbonyl (C=O) groups is 1. The average molecular weight is 389 g/mol. The van der Waals surface area contributed by atoms with Crippen molar-refractivity contribution in [2.24, 2.45) is 5.92 Å². The molecule has 0 aromatic heterocycles. The fraction of sp³-hybridized carbons (Fsp3) is 0.240. The van der Waals surface area contributed by atoms with Gasteiger partial charge in [0.15, 0.2) is 5.78 Å². The molecule has 0 N–H and O–H groups in total. The van der Waals surface area contributed by atoms with Gasteiger partial charge in [-0.15, -0.1) is 0 Å². The average Bonchev–Trinajstić information content (AvgIpc) is 3.10. The number of Topliss-reactive ketones (excluding diaryl/α,β-unsaturated/α-hetero) is 1. The molecule has 5 rings (SSSR count). The number of nitrogens with zero attached hydrogens (tertiary/aromatic N) is 1. The van der Waals surface area contributed by atoms with Crippen molar-refractivity contribution in [2.45, 2.75) is 18.9 Å². The Morgan fingerprint density at radius 2 is 1.41 bits per heavy atom. The summed E-state index contributed by atoms with van der Waals surface area (Å²) in [5, 5.41) is 0. The van der Waals surface area contributed by atoms with E-state index in [9.17, 15) is 13.6 Å². The maximum atomic E-state index is 14.0. The molecule has 1 saturated heterocycles. The topological polar surface area (TPSA) is 20.3 Å². The van der Waals surface area contributed by atoms with Crippen molar-refractivity contribution in [1.29, 1.82) is 0 Å². The predicted octanol–water partition coefficient (Wildman–Crippen LogP) is 5.63. The minimum absolute atomic E-state index is 0.125. The number of ketones is 1. The van der Waals surface area contributed by atoms with Crippen LogP contribution in [0.4, 0.5) is 8.78 Å². The van der Waals surface area contributed by atoms with Crippen molar-refractivity contribution in [3.05, 3.63) is 95.1 Å². The van der Waals surface area contributed by atoms with Crippen molar-refractivity contribution in [3.63, 3.8) is 0 Å². The van der Waals surface area contributed by atoms with E-state index in [0.717, 1.165) is 31.3 Å². The zero-order valence-corrected chi connectivity index (χ0v) is 15.9. The summed E-state index contributed by atoms with van der Waals surface area (Å²) in [5.41, 5.74) is 5.02. The molecule has 1 aliphatic carbocycles. The number of benzene rings is 3. The Kier molecular flexibility index (Phi) is 4.51. The first-order valence-electron chi connectivity index (χ1n) is 10.0. The van der Waals surface area contributed by atoms with E-state index in [1.54, 1.807) is 0 Å². The maximum Gasteiger partial charge on any atom is 0.169 e. The van der Waals surface area contributed by atoms with Gasteiger partial charge in [0, 0.05) is 5.92 Å². The lowest BCUT2D eigenvalue weighted by Gasteiger charge is -2.36. The van der Waals surface area contributed by atoms with Gasteiger partial charge in [-0.05, 0) is 66.4 Å². The number of carbonyl (C=O) groups excluding carboxylic acids is 1. The Balaban J connectivity index is 1.37. The Hall–Kier alpha value is -2.85. The van der Waals surface area contributed by atoms with Crippen LogP contribution in [0.5, 0.6) is 0 Å². The number of fused-ring (bicyclic) bond motifs is 3. The molecule has 146 valence electrons. The van der Waals surface area contributed by atoms with Crippen LogP contribution in [0.15, 0.2) is 66.7 Å².